The van der Waals surface area contributed by atoms with Gasteiger partial charge in [0.2, 0.25) is 0 Å². The summed E-state index contributed by atoms with van der Waals surface area (Å²) in [4.78, 5) is 36.6. The normalized spacial score (nSPS) is 14.1. The molecule has 0 aliphatic carbocycles. The van der Waals surface area contributed by atoms with Crippen LogP contribution in [0.5, 0.6) is 0 Å². The van der Waals surface area contributed by atoms with E-state index in [4.69, 9.17) is 11.6 Å². The van der Waals surface area contributed by atoms with Crippen LogP contribution in [0.15, 0.2) is 36.4 Å². The molecule has 146 valence electrons. The van der Waals surface area contributed by atoms with Gasteiger partial charge < -0.3 is 9.80 Å². The van der Waals surface area contributed by atoms with Gasteiger partial charge in [-0.05, 0) is 24.3 Å². The number of rotatable bonds is 4. The van der Waals surface area contributed by atoms with Crippen LogP contribution in [0.4, 0.5) is 21.5 Å². The maximum absolute atomic E-state index is 13.0. The van der Waals surface area contributed by atoms with E-state index >= 15 is 0 Å². The average molecular weight is 409 g/mol. The van der Waals surface area contributed by atoms with Gasteiger partial charge in [0.1, 0.15) is 5.82 Å². The van der Waals surface area contributed by atoms with Gasteiger partial charge in [-0.1, -0.05) is 11.6 Å². The van der Waals surface area contributed by atoms with Crippen molar-refractivity contribution in [2.75, 3.05) is 31.1 Å². The van der Waals surface area contributed by atoms with Crippen LogP contribution in [0, 0.1) is 26.0 Å². The van der Waals surface area contributed by atoms with Crippen molar-refractivity contribution in [2.24, 2.45) is 0 Å². The summed E-state index contributed by atoms with van der Waals surface area (Å²) in [5.41, 5.74) is -0.738. The van der Waals surface area contributed by atoms with Crippen molar-refractivity contribution < 1.29 is 19.0 Å². The number of amides is 1. The number of nitro groups is 2. The van der Waals surface area contributed by atoms with Gasteiger partial charge in [0.05, 0.1) is 15.4 Å². The fourth-order valence-electron chi connectivity index (χ4n) is 2.99. The Hall–Kier alpha value is -3.27. The molecule has 1 saturated heterocycles. The lowest BCUT2D eigenvalue weighted by atomic mass is 10.1. The number of hydrogen-bond donors (Lipinski definition) is 0. The molecule has 1 aliphatic rings. The van der Waals surface area contributed by atoms with Gasteiger partial charge in [-0.25, -0.2) is 4.39 Å². The smallest absolute Gasteiger partial charge is 0.295 e. The first-order chi connectivity index (χ1) is 13.3. The Morgan fingerprint density at radius 1 is 0.964 bits per heavy atom. The van der Waals surface area contributed by atoms with Gasteiger partial charge in [0.15, 0.2) is 5.02 Å². The number of carbonyl (C=O) groups is 1. The van der Waals surface area contributed by atoms with E-state index in [1.807, 2.05) is 4.90 Å². The number of nitrogens with zero attached hydrogens (tertiary/aromatic N) is 4. The van der Waals surface area contributed by atoms with Crippen LogP contribution in [0.2, 0.25) is 5.02 Å². The summed E-state index contributed by atoms with van der Waals surface area (Å²) in [6.07, 6.45) is 0. The number of hydrogen-bond acceptors (Lipinski definition) is 6. The molecule has 3 rings (SSSR count). The summed E-state index contributed by atoms with van der Waals surface area (Å²) in [6.45, 7) is 1.55. The zero-order valence-corrected chi connectivity index (χ0v) is 15.1. The van der Waals surface area contributed by atoms with Crippen LogP contribution in [0.25, 0.3) is 0 Å². The summed E-state index contributed by atoms with van der Waals surface area (Å²) < 4.78 is 13.0. The molecule has 0 spiro atoms. The highest BCUT2D eigenvalue weighted by Crippen LogP contribution is 2.35. The van der Waals surface area contributed by atoms with E-state index in [2.05, 4.69) is 0 Å². The van der Waals surface area contributed by atoms with E-state index in [9.17, 15) is 29.4 Å². The molecule has 0 unspecified atom stereocenters. The first kappa shape index (κ1) is 19.5. The van der Waals surface area contributed by atoms with Gasteiger partial charge in [-0.2, -0.15) is 0 Å². The Labute approximate surface area is 163 Å². The van der Waals surface area contributed by atoms with Crippen LogP contribution in [0.3, 0.4) is 0 Å². The van der Waals surface area contributed by atoms with Gasteiger partial charge in [0, 0.05) is 44.0 Å². The standard InChI is InChI=1S/C17H14ClFN4O5/c18-16-14(22(25)26)9-11(10-15(16)23(27)28)17(24)21-7-5-20(6-8-21)13-3-1-12(19)2-4-13/h1-4,9-10H,5-8H2. The van der Waals surface area contributed by atoms with Crippen molar-refractivity contribution in [2.45, 2.75) is 0 Å². The molecule has 0 bridgehead atoms. The Bertz CT molecular complexity index is 910. The maximum atomic E-state index is 13.0. The fourth-order valence-corrected chi connectivity index (χ4v) is 3.23. The van der Waals surface area contributed by atoms with E-state index in [1.165, 1.54) is 17.0 Å². The molecule has 9 nitrogen and oxygen atoms in total. The van der Waals surface area contributed by atoms with Gasteiger partial charge in [-0.15, -0.1) is 0 Å². The minimum Gasteiger partial charge on any atom is -0.368 e. The van der Waals surface area contributed by atoms with E-state index in [1.54, 1.807) is 12.1 Å². The summed E-state index contributed by atoms with van der Waals surface area (Å²) in [5, 5.41) is 21.6. The van der Waals surface area contributed by atoms with Crippen molar-refractivity contribution >= 4 is 34.6 Å². The summed E-state index contributed by atoms with van der Waals surface area (Å²) in [7, 11) is 0. The van der Waals surface area contributed by atoms with Crippen molar-refractivity contribution in [1.29, 1.82) is 0 Å². The summed E-state index contributed by atoms with van der Waals surface area (Å²) >= 11 is 5.72. The lowest BCUT2D eigenvalue weighted by Gasteiger charge is -2.36. The number of nitro benzene ring substituents is 2. The van der Waals surface area contributed by atoms with Crippen LogP contribution < -0.4 is 4.90 Å². The Morgan fingerprint density at radius 2 is 1.46 bits per heavy atom. The minimum atomic E-state index is -0.863. The van der Waals surface area contributed by atoms with Crippen LogP contribution >= 0.6 is 11.6 Å². The molecule has 1 heterocycles. The van der Waals surface area contributed by atoms with Gasteiger partial charge >= 0.3 is 0 Å². The quantitative estimate of drug-likeness (QED) is 0.567. The van der Waals surface area contributed by atoms with Gasteiger partial charge in [0.25, 0.3) is 17.3 Å². The van der Waals surface area contributed by atoms with E-state index in [0.29, 0.717) is 26.2 Å². The Kier molecular flexibility index (Phi) is 5.41. The number of halogens is 2. The van der Waals surface area contributed by atoms with Crippen LogP contribution in [-0.4, -0.2) is 46.8 Å². The minimum absolute atomic E-state index is 0.168. The fraction of sp³-hybridized carbons (Fsp3) is 0.235. The molecule has 2 aromatic rings. The highest BCUT2D eigenvalue weighted by molar-refractivity contribution is 6.35. The summed E-state index contributed by atoms with van der Waals surface area (Å²) in [5.74, 6) is -0.898. The molecule has 1 fully saturated rings. The molecule has 2 aromatic carbocycles. The second kappa shape index (κ2) is 7.77. The molecule has 0 N–H and O–H groups in total. The number of anilines is 1. The van der Waals surface area contributed by atoms with Crippen molar-refractivity contribution in [3.8, 4) is 0 Å². The first-order valence-corrected chi connectivity index (χ1v) is 8.58. The predicted molar refractivity (Wildman–Crippen MR) is 99.3 cm³/mol. The number of benzene rings is 2. The molecule has 11 heteroatoms. The molecule has 0 radical (unpaired) electrons. The molecule has 1 amide bonds. The largest absolute Gasteiger partial charge is 0.368 e. The Morgan fingerprint density at radius 3 is 1.93 bits per heavy atom. The maximum Gasteiger partial charge on any atom is 0.295 e. The molecular weight excluding hydrogens is 395 g/mol. The van der Waals surface area contributed by atoms with Crippen LogP contribution in [0.1, 0.15) is 10.4 Å². The van der Waals surface area contributed by atoms with E-state index in [-0.39, 0.29) is 11.4 Å². The van der Waals surface area contributed by atoms with Crippen molar-refractivity contribution in [3.05, 3.63) is 73.0 Å². The molecule has 1 aliphatic heterocycles. The second-order valence-corrected chi connectivity index (χ2v) is 6.48. The van der Waals surface area contributed by atoms with Crippen molar-refractivity contribution in [3.63, 3.8) is 0 Å². The van der Waals surface area contributed by atoms with E-state index in [0.717, 1.165) is 17.8 Å². The highest BCUT2D eigenvalue weighted by atomic mass is 35.5. The molecule has 0 saturated carbocycles. The molecule has 0 atom stereocenters. The predicted octanol–water partition coefficient (Wildman–Crippen LogP) is 3.26. The molecule has 28 heavy (non-hydrogen) atoms. The third-order valence-electron chi connectivity index (χ3n) is 4.43. The van der Waals surface area contributed by atoms with E-state index < -0.39 is 32.2 Å². The van der Waals surface area contributed by atoms with Gasteiger partial charge in [-0.3, -0.25) is 25.0 Å². The molecule has 0 aromatic heterocycles. The zero-order valence-electron chi connectivity index (χ0n) is 14.4. The number of piperazine rings is 1. The average Bonchev–Trinajstić information content (AvgIpc) is 2.68. The van der Waals surface area contributed by atoms with Crippen LogP contribution in [-0.2, 0) is 0 Å². The first-order valence-electron chi connectivity index (χ1n) is 8.20. The third-order valence-corrected chi connectivity index (χ3v) is 4.82. The lowest BCUT2D eigenvalue weighted by Crippen LogP contribution is -2.48. The lowest BCUT2D eigenvalue weighted by molar-refractivity contribution is -0.393. The second-order valence-electron chi connectivity index (χ2n) is 6.10. The zero-order chi connectivity index (χ0) is 20.4. The molecular formula is C17H14ClFN4O5. The number of carbonyl (C=O) groups excluding carboxylic acids is 1. The van der Waals surface area contributed by atoms with Crippen molar-refractivity contribution in [1.82, 2.24) is 4.90 Å². The topological polar surface area (TPSA) is 110 Å². The monoisotopic (exact) mass is 408 g/mol. The third kappa shape index (κ3) is 3.86. The highest BCUT2D eigenvalue weighted by Gasteiger charge is 2.30. The Balaban J connectivity index is 1.79. The SMILES string of the molecule is O=C(c1cc([N+](=O)[O-])c(Cl)c([N+](=O)[O-])c1)N1CCN(c2ccc(F)cc2)CC1. The summed E-state index contributed by atoms with van der Waals surface area (Å²) in [6, 6.07) is 7.86.